The summed E-state index contributed by atoms with van der Waals surface area (Å²) in [5.74, 6) is 1.69. The summed E-state index contributed by atoms with van der Waals surface area (Å²) in [5, 5.41) is 7.30. The lowest BCUT2D eigenvalue weighted by Crippen LogP contribution is -2.35. The van der Waals surface area contributed by atoms with Crippen molar-refractivity contribution in [2.24, 2.45) is 0 Å². The molecule has 0 bridgehead atoms. The number of carbonyl (C=O) groups is 1. The van der Waals surface area contributed by atoms with E-state index in [2.05, 4.69) is 20.4 Å². The van der Waals surface area contributed by atoms with Crippen molar-refractivity contribution in [3.8, 4) is 34.3 Å². The fraction of sp³-hybridized carbons (Fsp3) is 0.222. The molecule has 0 fully saturated rings. The summed E-state index contributed by atoms with van der Waals surface area (Å²) in [5.41, 5.74) is 2.56. The van der Waals surface area contributed by atoms with Crippen LogP contribution in [0.5, 0.6) is 11.5 Å². The average Bonchev–Trinajstić information content (AvgIpc) is 3.13. The van der Waals surface area contributed by atoms with E-state index >= 15 is 0 Å². The van der Waals surface area contributed by atoms with Crippen molar-refractivity contribution in [1.29, 1.82) is 0 Å². The van der Waals surface area contributed by atoms with E-state index in [1.54, 1.807) is 43.3 Å². The molecule has 2 aromatic heterocycles. The second-order valence-electron chi connectivity index (χ2n) is 5.73. The number of rotatable bonds is 4. The molecule has 8 heteroatoms. The lowest BCUT2D eigenvalue weighted by Gasteiger charge is -2.13. The van der Waals surface area contributed by atoms with Crippen LogP contribution >= 0.6 is 0 Å². The molecule has 0 saturated carbocycles. The van der Waals surface area contributed by atoms with Crippen LogP contribution < -0.4 is 14.8 Å². The zero-order valence-corrected chi connectivity index (χ0v) is 14.4. The Morgan fingerprint density at radius 2 is 2.00 bits per heavy atom. The Kier molecular flexibility index (Phi) is 4.00. The normalized spacial score (nSPS) is 13.1. The van der Waals surface area contributed by atoms with Gasteiger partial charge in [0.25, 0.3) is 5.91 Å². The summed E-state index contributed by atoms with van der Waals surface area (Å²) in [7, 11) is 3.19. The van der Waals surface area contributed by atoms with Gasteiger partial charge >= 0.3 is 0 Å². The number of ether oxygens (including phenoxy) is 2. The molecular formula is C18H17N5O3. The van der Waals surface area contributed by atoms with Crippen LogP contribution in [-0.2, 0) is 6.54 Å². The lowest BCUT2D eigenvalue weighted by atomic mass is 10.1. The van der Waals surface area contributed by atoms with E-state index < -0.39 is 0 Å². The van der Waals surface area contributed by atoms with Crippen LogP contribution in [0.25, 0.3) is 22.8 Å². The highest BCUT2D eigenvalue weighted by Crippen LogP contribution is 2.32. The summed E-state index contributed by atoms with van der Waals surface area (Å²) in [6.45, 7) is 1.22. The summed E-state index contributed by atoms with van der Waals surface area (Å²) in [4.78, 5) is 20.9. The van der Waals surface area contributed by atoms with Crippen LogP contribution in [-0.4, -0.2) is 46.4 Å². The molecule has 1 aliphatic heterocycles. The van der Waals surface area contributed by atoms with Crippen LogP contribution in [0.15, 0.2) is 36.5 Å². The van der Waals surface area contributed by atoms with Crippen LogP contribution in [0.3, 0.4) is 0 Å². The first-order valence-corrected chi connectivity index (χ1v) is 8.11. The van der Waals surface area contributed by atoms with E-state index in [-0.39, 0.29) is 5.91 Å². The number of aromatic nitrogens is 4. The highest BCUT2D eigenvalue weighted by atomic mass is 16.5. The minimum absolute atomic E-state index is 0.124. The molecule has 3 heterocycles. The first-order valence-electron chi connectivity index (χ1n) is 8.11. The van der Waals surface area contributed by atoms with Crippen molar-refractivity contribution in [1.82, 2.24) is 25.1 Å². The van der Waals surface area contributed by atoms with Crippen molar-refractivity contribution in [3.05, 3.63) is 42.2 Å². The monoisotopic (exact) mass is 351 g/mol. The Balaban J connectivity index is 1.75. The number of nitrogens with one attached hydrogen (secondary N) is 1. The number of methoxy groups -OCH3 is 2. The Morgan fingerprint density at radius 1 is 1.12 bits per heavy atom. The van der Waals surface area contributed by atoms with Gasteiger partial charge in [0.05, 0.1) is 32.0 Å². The Labute approximate surface area is 149 Å². The maximum Gasteiger partial charge on any atom is 0.269 e. The molecule has 0 atom stereocenters. The third kappa shape index (κ3) is 2.75. The van der Waals surface area contributed by atoms with Gasteiger partial charge in [0, 0.05) is 18.8 Å². The molecule has 4 rings (SSSR count). The van der Waals surface area contributed by atoms with Gasteiger partial charge < -0.3 is 14.8 Å². The number of nitrogens with zero attached hydrogens (tertiary/aromatic N) is 4. The van der Waals surface area contributed by atoms with Gasteiger partial charge in [0.1, 0.15) is 22.9 Å². The van der Waals surface area contributed by atoms with Gasteiger partial charge in [-0.15, -0.1) is 0 Å². The van der Waals surface area contributed by atoms with Crippen LogP contribution in [0.1, 0.15) is 10.5 Å². The van der Waals surface area contributed by atoms with E-state index in [0.717, 1.165) is 5.56 Å². The van der Waals surface area contributed by atoms with Gasteiger partial charge in [-0.2, -0.15) is 5.10 Å². The van der Waals surface area contributed by atoms with E-state index in [9.17, 15) is 4.79 Å². The second kappa shape index (κ2) is 6.47. The van der Waals surface area contributed by atoms with Crippen LogP contribution in [0, 0.1) is 0 Å². The standard InChI is InChI=1S/C18H17N5O3/c1-25-11-3-4-12(16(9-11)26-2)17-19-6-5-13(21-17)14-10-15-18(24)20-7-8-23(15)22-14/h3-6,9-10H,7-8H2,1-2H3,(H,20,24). The Hall–Kier alpha value is -3.42. The van der Waals surface area contributed by atoms with Crippen molar-refractivity contribution >= 4 is 5.91 Å². The molecule has 132 valence electrons. The molecule has 1 N–H and O–H groups in total. The topological polar surface area (TPSA) is 91.2 Å². The molecule has 26 heavy (non-hydrogen) atoms. The smallest absolute Gasteiger partial charge is 0.269 e. The SMILES string of the molecule is COc1ccc(-c2nccc(-c3cc4n(n3)CCNC4=O)n2)c(OC)c1. The van der Waals surface area contributed by atoms with Gasteiger partial charge in [-0.1, -0.05) is 0 Å². The number of amides is 1. The summed E-state index contributed by atoms with van der Waals surface area (Å²) < 4.78 is 12.4. The minimum Gasteiger partial charge on any atom is -0.497 e. The number of fused-ring (bicyclic) bond motifs is 1. The average molecular weight is 351 g/mol. The minimum atomic E-state index is -0.124. The van der Waals surface area contributed by atoms with Gasteiger partial charge in [-0.05, 0) is 24.3 Å². The van der Waals surface area contributed by atoms with Gasteiger partial charge in [0.15, 0.2) is 5.82 Å². The fourth-order valence-corrected chi connectivity index (χ4v) is 2.88. The van der Waals surface area contributed by atoms with Gasteiger partial charge in [0.2, 0.25) is 0 Å². The summed E-state index contributed by atoms with van der Waals surface area (Å²) >= 11 is 0. The molecule has 1 aromatic carbocycles. The second-order valence-corrected chi connectivity index (χ2v) is 5.73. The predicted octanol–water partition coefficient (Wildman–Crippen LogP) is 1.77. The van der Waals surface area contributed by atoms with Crippen molar-refractivity contribution < 1.29 is 14.3 Å². The predicted molar refractivity (Wildman–Crippen MR) is 94.1 cm³/mol. The zero-order valence-electron chi connectivity index (χ0n) is 14.4. The van der Waals surface area contributed by atoms with Crippen molar-refractivity contribution in [3.63, 3.8) is 0 Å². The quantitative estimate of drug-likeness (QED) is 0.770. The zero-order chi connectivity index (χ0) is 18.1. The first kappa shape index (κ1) is 16.1. The first-order chi connectivity index (χ1) is 12.7. The van der Waals surface area contributed by atoms with E-state index in [1.165, 1.54) is 0 Å². The maximum absolute atomic E-state index is 11.9. The molecule has 0 saturated heterocycles. The number of benzene rings is 1. The molecule has 0 unspecified atom stereocenters. The Morgan fingerprint density at radius 3 is 2.77 bits per heavy atom. The number of hydrogen-bond donors (Lipinski definition) is 1. The molecule has 0 spiro atoms. The van der Waals surface area contributed by atoms with Gasteiger partial charge in [-0.3, -0.25) is 9.48 Å². The molecule has 8 nitrogen and oxygen atoms in total. The molecule has 1 amide bonds. The van der Waals surface area contributed by atoms with E-state index in [0.29, 0.717) is 47.5 Å². The third-order valence-electron chi connectivity index (χ3n) is 4.19. The van der Waals surface area contributed by atoms with Crippen molar-refractivity contribution in [2.75, 3.05) is 20.8 Å². The van der Waals surface area contributed by atoms with Crippen LogP contribution in [0.4, 0.5) is 0 Å². The number of carbonyl (C=O) groups excluding carboxylic acids is 1. The molecular weight excluding hydrogens is 334 g/mol. The number of hydrogen-bond acceptors (Lipinski definition) is 6. The summed E-state index contributed by atoms with van der Waals surface area (Å²) in [6.07, 6.45) is 1.67. The highest BCUT2D eigenvalue weighted by Gasteiger charge is 2.20. The van der Waals surface area contributed by atoms with Crippen LogP contribution in [0.2, 0.25) is 0 Å². The molecule has 0 aliphatic carbocycles. The largest absolute Gasteiger partial charge is 0.497 e. The lowest BCUT2D eigenvalue weighted by molar-refractivity contribution is 0.0924. The molecule has 0 radical (unpaired) electrons. The molecule has 1 aliphatic rings. The molecule has 3 aromatic rings. The maximum atomic E-state index is 11.9. The van der Waals surface area contributed by atoms with Crippen molar-refractivity contribution in [2.45, 2.75) is 6.54 Å². The third-order valence-corrected chi connectivity index (χ3v) is 4.19. The van der Waals surface area contributed by atoms with Gasteiger partial charge in [-0.25, -0.2) is 9.97 Å². The fourth-order valence-electron chi connectivity index (χ4n) is 2.88. The Bertz CT molecular complexity index is 983. The highest BCUT2D eigenvalue weighted by molar-refractivity contribution is 5.94. The van der Waals surface area contributed by atoms with E-state index in [1.807, 2.05) is 12.1 Å². The van der Waals surface area contributed by atoms with E-state index in [4.69, 9.17) is 9.47 Å². The summed E-state index contributed by atoms with van der Waals surface area (Å²) in [6, 6.07) is 8.97.